The van der Waals surface area contributed by atoms with Gasteiger partial charge in [0.15, 0.2) is 0 Å². The van der Waals surface area contributed by atoms with E-state index in [1.807, 2.05) is 13.0 Å². The second-order valence-electron chi connectivity index (χ2n) is 2.35. The molecule has 0 spiro atoms. The number of nitriles is 1. The second kappa shape index (κ2) is 3.72. The summed E-state index contributed by atoms with van der Waals surface area (Å²) < 4.78 is 5.09. The molecule has 0 aliphatic rings. The van der Waals surface area contributed by atoms with Crippen LogP contribution in [-0.4, -0.2) is 12.1 Å². The summed E-state index contributed by atoms with van der Waals surface area (Å²) in [6.45, 7) is 2.02. The van der Waals surface area contributed by atoms with Crippen molar-refractivity contribution in [2.75, 3.05) is 7.11 Å². The number of rotatable bonds is 2. The maximum absolute atomic E-state index is 8.55. The molecule has 0 aromatic carbocycles. The van der Waals surface area contributed by atoms with Crippen LogP contribution in [0, 0.1) is 11.3 Å². The minimum absolute atomic E-state index is 0.393. The quantitative estimate of drug-likeness (QED) is 0.662. The molecule has 0 bridgehead atoms. The van der Waals surface area contributed by atoms with Gasteiger partial charge in [-0.1, -0.05) is 6.92 Å². The lowest BCUT2D eigenvalue weighted by atomic mass is 10.2. The van der Waals surface area contributed by atoms with E-state index in [1.165, 1.54) is 0 Å². The SMILES string of the molecule is CCc1cnc(C#N)cc1OC. The van der Waals surface area contributed by atoms with Crippen molar-refractivity contribution >= 4 is 0 Å². The van der Waals surface area contributed by atoms with Crippen molar-refractivity contribution in [1.82, 2.24) is 4.98 Å². The van der Waals surface area contributed by atoms with Gasteiger partial charge in [-0.25, -0.2) is 4.98 Å². The molecule has 1 heterocycles. The van der Waals surface area contributed by atoms with E-state index >= 15 is 0 Å². The highest BCUT2D eigenvalue weighted by Gasteiger charge is 2.02. The Kier molecular flexibility index (Phi) is 2.65. The molecule has 0 aliphatic heterocycles. The molecule has 0 radical (unpaired) electrons. The molecule has 0 unspecified atom stereocenters. The topological polar surface area (TPSA) is 45.9 Å². The molecule has 0 atom stereocenters. The fraction of sp³-hybridized carbons (Fsp3) is 0.333. The highest BCUT2D eigenvalue weighted by molar-refractivity contribution is 5.37. The molecular weight excluding hydrogens is 152 g/mol. The van der Waals surface area contributed by atoms with Crippen LogP contribution in [0.5, 0.6) is 5.75 Å². The fourth-order valence-corrected chi connectivity index (χ4v) is 0.982. The number of pyridine rings is 1. The van der Waals surface area contributed by atoms with E-state index in [0.29, 0.717) is 5.69 Å². The molecule has 3 nitrogen and oxygen atoms in total. The molecule has 0 saturated heterocycles. The highest BCUT2D eigenvalue weighted by Crippen LogP contribution is 2.17. The van der Waals surface area contributed by atoms with Gasteiger partial charge in [0, 0.05) is 17.8 Å². The molecule has 62 valence electrons. The number of ether oxygens (including phenoxy) is 1. The average molecular weight is 162 g/mol. The van der Waals surface area contributed by atoms with Crippen LogP contribution in [0.15, 0.2) is 12.3 Å². The summed E-state index contributed by atoms with van der Waals surface area (Å²) in [6, 6.07) is 3.61. The summed E-state index contributed by atoms with van der Waals surface area (Å²) in [7, 11) is 1.59. The van der Waals surface area contributed by atoms with Gasteiger partial charge in [-0.3, -0.25) is 0 Å². The molecule has 0 aliphatic carbocycles. The number of hydrogen-bond acceptors (Lipinski definition) is 3. The molecule has 3 heteroatoms. The van der Waals surface area contributed by atoms with Crippen molar-refractivity contribution < 1.29 is 4.74 Å². The van der Waals surface area contributed by atoms with Gasteiger partial charge in [-0.05, 0) is 6.42 Å². The van der Waals surface area contributed by atoms with E-state index in [0.717, 1.165) is 17.7 Å². The van der Waals surface area contributed by atoms with Crippen LogP contribution in [0.4, 0.5) is 0 Å². The largest absolute Gasteiger partial charge is 0.496 e. The van der Waals surface area contributed by atoms with E-state index in [9.17, 15) is 0 Å². The summed E-state index contributed by atoms with van der Waals surface area (Å²) in [5, 5.41) is 8.55. The lowest BCUT2D eigenvalue weighted by Gasteiger charge is -2.04. The molecule has 1 aromatic heterocycles. The third-order valence-corrected chi connectivity index (χ3v) is 1.66. The second-order valence-corrected chi connectivity index (χ2v) is 2.35. The first kappa shape index (κ1) is 8.54. The molecule has 0 saturated carbocycles. The predicted octanol–water partition coefficient (Wildman–Crippen LogP) is 1.52. The zero-order valence-electron chi connectivity index (χ0n) is 7.16. The van der Waals surface area contributed by atoms with E-state index < -0.39 is 0 Å². The summed E-state index contributed by atoms with van der Waals surface area (Å²) in [5.41, 5.74) is 1.42. The summed E-state index contributed by atoms with van der Waals surface area (Å²) in [4.78, 5) is 3.94. The third kappa shape index (κ3) is 1.54. The van der Waals surface area contributed by atoms with E-state index in [2.05, 4.69) is 4.98 Å². The maximum atomic E-state index is 8.55. The zero-order valence-corrected chi connectivity index (χ0v) is 7.16. The monoisotopic (exact) mass is 162 g/mol. The first-order valence-electron chi connectivity index (χ1n) is 3.74. The molecular formula is C9H10N2O. The number of hydrogen-bond donors (Lipinski definition) is 0. The van der Waals surface area contributed by atoms with Gasteiger partial charge >= 0.3 is 0 Å². The molecule has 0 fully saturated rings. The summed E-state index contributed by atoms with van der Waals surface area (Å²) >= 11 is 0. The van der Waals surface area contributed by atoms with Crippen LogP contribution in [0.3, 0.4) is 0 Å². The van der Waals surface area contributed by atoms with E-state index in [4.69, 9.17) is 10.00 Å². The van der Waals surface area contributed by atoms with Crippen molar-refractivity contribution in [3.8, 4) is 11.8 Å². The molecule has 0 N–H and O–H groups in total. The average Bonchev–Trinajstić information content (AvgIpc) is 2.16. The highest BCUT2D eigenvalue weighted by atomic mass is 16.5. The molecule has 12 heavy (non-hydrogen) atoms. The molecule has 1 rings (SSSR count). The van der Waals surface area contributed by atoms with Crippen LogP contribution in [0.2, 0.25) is 0 Å². The Balaban J connectivity index is 3.13. The van der Waals surface area contributed by atoms with Gasteiger partial charge in [-0.2, -0.15) is 5.26 Å². The summed E-state index contributed by atoms with van der Waals surface area (Å²) in [5.74, 6) is 0.740. The Morgan fingerprint density at radius 1 is 1.67 bits per heavy atom. The minimum atomic E-state index is 0.393. The van der Waals surface area contributed by atoms with Crippen molar-refractivity contribution in [2.24, 2.45) is 0 Å². The number of nitrogens with zero attached hydrogens (tertiary/aromatic N) is 2. The molecule has 1 aromatic rings. The zero-order chi connectivity index (χ0) is 8.97. The van der Waals surface area contributed by atoms with Crippen LogP contribution in [0.1, 0.15) is 18.2 Å². The predicted molar refractivity (Wildman–Crippen MR) is 44.9 cm³/mol. The fourth-order valence-electron chi connectivity index (χ4n) is 0.982. The van der Waals surface area contributed by atoms with Gasteiger partial charge < -0.3 is 4.74 Å². The van der Waals surface area contributed by atoms with Crippen LogP contribution in [0.25, 0.3) is 0 Å². The van der Waals surface area contributed by atoms with E-state index in [-0.39, 0.29) is 0 Å². The first-order valence-corrected chi connectivity index (χ1v) is 3.74. The number of aryl methyl sites for hydroxylation is 1. The Morgan fingerprint density at radius 2 is 2.42 bits per heavy atom. The standard InChI is InChI=1S/C9H10N2O/c1-3-7-6-11-8(5-10)4-9(7)12-2/h4,6H,3H2,1-2H3. The maximum Gasteiger partial charge on any atom is 0.144 e. The Bertz CT molecular complexity index is 315. The molecule has 0 amide bonds. The van der Waals surface area contributed by atoms with Gasteiger partial charge in [0.2, 0.25) is 0 Å². The minimum Gasteiger partial charge on any atom is -0.496 e. The summed E-state index contributed by atoms with van der Waals surface area (Å²) in [6.07, 6.45) is 2.54. The van der Waals surface area contributed by atoms with Crippen LogP contribution in [-0.2, 0) is 6.42 Å². The normalized spacial score (nSPS) is 9.08. The van der Waals surface area contributed by atoms with Crippen molar-refractivity contribution in [2.45, 2.75) is 13.3 Å². The van der Waals surface area contributed by atoms with E-state index in [1.54, 1.807) is 19.4 Å². The lowest BCUT2D eigenvalue weighted by Crippen LogP contribution is -1.93. The smallest absolute Gasteiger partial charge is 0.144 e. The van der Waals surface area contributed by atoms with Crippen molar-refractivity contribution in [1.29, 1.82) is 5.26 Å². The number of aromatic nitrogens is 1. The third-order valence-electron chi connectivity index (χ3n) is 1.66. The van der Waals surface area contributed by atoms with Gasteiger partial charge in [0.1, 0.15) is 17.5 Å². The van der Waals surface area contributed by atoms with Gasteiger partial charge in [0.25, 0.3) is 0 Å². The Labute approximate surface area is 71.6 Å². The van der Waals surface area contributed by atoms with Crippen molar-refractivity contribution in [3.63, 3.8) is 0 Å². The Hall–Kier alpha value is -1.56. The Morgan fingerprint density at radius 3 is 2.92 bits per heavy atom. The first-order chi connectivity index (χ1) is 5.81. The van der Waals surface area contributed by atoms with Crippen LogP contribution >= 0.6 is 0 Å². The number of methoxy groups -OCH3 is 1. The van der Waals surface area contributed by atoms with Crippen LogP contribution < -0.4 is 4.74 Å². The van der Waals surface area contributed by atoms with Gasteiger partial charge in [0.05, 0.1) is 7.11 Å². The lowest BCUT2D eigenvalue weighted by molar-refractivity contribution is 0.409. The van der Waals surface area contributed by atoms with Crippen molar-refractivity contribution in [3.05, 3.63) is 23.5 Å². The van der Waals surface area contributed by atoms with Gasteiger partial charge in [-0.15, -0.1) is 0 Å².